The second-order valence-electron chi connectivity index (χ2n) is 28.1. The van der Waals surface area contributed by atoms with E-state index in [1.54, 1.807) is 0 Å². The smallest absolute Gasteiger partial charge is 0.135 e. The van der Waals surface area contributed by atoms with Gasteiger partial charge in [0, 0.05) is 98.8 Å². The third-order valence-electron chi connectivity index (χ3n) is 22.3. The van der Waals surface area contributed by atoms with Crippen LogP contribution in [0.25, 0.3) is 226 Å². The molecule has 0 saturated carbocycles. The van der Waals surface area contributed by atoms with E-state index < -0.39 is 0 Å². The molecule has 16 aromatic carbocycles. The Kier molecular flexibility index (Phi) is 12.5. The first kappa shape index (κ1) is 58.4. The van der Waals surface area contributed by atoms with E-state index >= 15 is 0 Å². The molecular weight excluding hydrogens is 1290 g/mol. The lowest BCUT2D eigenvalue weighted by molar-refractivity contribution is 0.668. The van der Waals surface area contributed by atoms with Crippen LogP contribution in [-0.4, -0.2) is 18.7 Å². The summed E-state index contributed by atoms with van der Waals surface area (Å²) in [4.78, 5) is 5.41. The van der Waals surface area contributed by atoms with E-state index in [0.717, 1.165) is 194 Å². The first-order valence-corrected chi connectivity index (χ1v) is 36.1. The maximum Gasteiger partial charge on any atom is 0.135 e. The van der Waals surface area contributed by atoms with Crippen LogP contribution in [0.15, 0.2) is 365 Å². The van der Waals surface area contributed by atoms with Crippen molar-refractivity contribution < 1.29 is 13.3 Å². The number of rotatable bonds is 9. The monoisotopic (exact) mass is 1350 g/mol. The first-order chi connectivity index (χ1) is 52.5. The molecule has 0 aliphatic rings. The van der Waals surface area contributed by atoms with Crippen LogP contribution in [-0.2, 0) is 0 Å². The number of furan rings is 3. The lowest BCUT2D eigenvalue weighted by Crippen LogP contribution is -1.97. The number of hydrogen-bond acceptors (Lipinski definition) is 4. The summed E-state index contributed by atoms with van der Waals surface area (Å²) in [6, 6.07) is 126. The maximum absolute atomic E-state index is 6.27. The predicted octanol–water partition coefficient (Wildman–Crippen LogP) is 27.2. The van der Waals surface area contributed by atoms with Crippen LogP contribution in [0.5, 0.6) is 0 Å². The molecule has 7 aromatic heterocycles. The minimum absolute atomic E-state index is 0.889. The number of nitrogens with zero attached hydrogens (tertiary/aromatic N) is 4. The summed E-state index contributed by atoms with van der Waals surface area (Å²) in [5.74, 6) is 0. The quantitative estimate of drug-likeness (QED) is 0.144. The highest BCUT2D eigenvalue weighted by Crippen LogP contribution is 2.46. The van der Waals surface area contributed by atoms with Crippen molar-refractivity contribution in [2.45, 2.75) is 0 Å². The molecule has 7 nitrogen and oxygen atoms in total. The molecule has 23 aromatic rings. The van der Waals surface area contributed by atoms with Gasteiger partial charge in [-0.25, -0.2) is 0 Å². The highest BCUT2D eigenvalue weighted by Gasteiger charge is 2.23. The largest absolute Gasteiger partial charge is 0.456 e. The molecule has 0 unspecified atom stereocenters. The van der Waals surface area contributed by atoms with Gasteiger partial charge in [0.05, 0.1) is 38.6 Å². The third-order valence-corrected chi connectivity index (χ3v) is 22.3. The maximum atomic E-state index is 6.27. The van der Waals surface area contributed by atoms with Gasteiger partial charge in [-0.3, -0.25) is 4.98 Å². The standard InChI is InChI=1S/C99H58N4O3/c1-7-28-87-73(22-1)80-51-60(63-37-43-96-83(54-63)76-25-4-10-31-93(76)104-96)34-40-90(80)101(87)69-19-13-16-59(48-69)68-57-79(67-18-15-21-71(50-67)103-89-30-9-3-24-75(89)82-53-62(36-42-92(82)103)65-39-45-98-85(56-65)78-27-6-12-33-95(78)106-98)99-86(58-68)72(46-47-100-99)66-17-14-20-70(49-66)102-88-29-8-2-23-74(88)81-52-61(35-41-91(81)102)64-38-44-97-84(55-64)77-26-5-11-32-94(77)105-97/h1-58H. The molecule has 0 radical (unpaired) electrons. The summed E-state index contributed by atoms with van der Waals surface area (Å²) < 4.78 is 26.1. The van der Waals surface area contributed by atoms with Gasteiger partial charge >= 0.3 is 0 Å². The van der Waals surface area contributed by atoms with E-state index in [-0.39, 0.29) is 0 Å². The fourth-order valence-corrected chi connectivity index (χ4v) is 17.4. The number of benzene rings is 16. The Balaban J connectivity index is 0.683. The zero-order valence-corrected chi connectivity index (χ0v) is 57.0. The minimum Gasteiger partial charge on any atom is -0.456 e. The second-order valence-corrected chi connectivity index (χ2v) is 28.1. The highest BCUT2D eigenvalue weighted by atomic mass is 16.3. The molecule has 7 heterocycles. The SMILES string of the molecule is c1cc(-c2cc(-c3cccc(-n4c5ccccc5c5cc(-c6ccc7oc8ccccc8c7c6)ccc54)c3)c3nccc(-c4cccc(-n5c6ccccc6c6cc(-c7ccc8oc9ccccc9c8c7)ccc65)c4)c3c2)cc(-n2c3ccccc3c3cc(-c4ccc5oc6ccccc6c5c4)ccc32)c1. The van der Waals surface area contributed by atoms with E-state index in [1.807, 2.05) is 42.6 Å². The summed E-state index contributed by atoms with van der Waals surface area (Å²) in [6.07, 6.45) is 1.99. The van der Waals surface area contributed by atoms with Crippen LogP contribution in [0.4, 0.5) is 0 Å². The highest BCUT2D eigenvalue weighted by molar-refractivity contribution is 6.16. The van der Waals surface area contributed by atoms with Crippen molar-refractivity contribution in [3.63, 3.8) is 0 Å². The molecule has 492 valence electrons. The van der Waals surface area contributed by atoms with Gasteiger partial charge in [-0.1, -0.05) is 182 Å². The molecular formula is C99H58N4O3. The number of hydrogen-bond donors (Lipinski definition) is 0. The molecule has 0 fully saturated rings. The van der Waals surface area contributed by atoms with Crippen LogP contribution in [0.2, 0.25) is 0 Å². The molecule has 0 aliphatic carbocycles. The van der Waals surface area contributed by atoms with E-state index in [2.05, 4.69) is 323 Å². The van der Waals surface area contributed by atoms with E-state index in [1.165, 1.54) is 32.3 Å². The van der Waals surface area contributed by atoms with Crippen molar-refractivity contribution in [2.75, 3.05) is 0 Å². The molecule has 0 aliphatic heterocycles. The van der Waals surface area contributed by atoms with Crippen molar-refractivity contribution in [1.82, 2.24) is 18.7 Å². The molecule has 7 heteroatoms. The van der Waals surface area contributed by atoms with Crippen LogP contribution in [0.3, 0.4) is 0 Å². The molecule has 0 bridgehead atoms. The first-order valence-electron chi connectivity index (χ1n) is 36.1. The lowest BCUT2D eigenvalue weighted by Gasteiger charge is -2.17. The van der Waals surface area contributed by atoms with E-state index in [4.69, 9.17) is 18.2 Å². The van der Waals surface area contributed by atoms with E-state index in [0.29, 0.717) is 0 Å². The molecule has 0 amide bonds. The Morgan fingerprint density at radius 1 is 0.179 bits per heavy atom. The molecule has 106 heavy (non-hydrogen) atoms. The van der Waals surface area contributed by atoms with Gasteiger partial charge in [0.25, 0.3) is 0 Å². The second kappa shape index (κ2) is 22.6. The van der Waals surface area contributed by atoms with Crippen LogP contribution in [0, 0.1) is 0 Å². The summed E-state index contributed by atoms with van der Waals surface area (Å²) in [7, 11) is 0. The Bertz CT molecular complexity index is 7680. The van der Waals surface area contributed by atoms with Gasteiger partial charge in [0.15, 0.2) is 0 Å². The van der Waals surface area contributed by atoms with Gasteiger partial charge in [0.2, 0.25) is 0 Å². The third kappa shape index (κ3) is 8.90. The molecule has 0 atom stereocenters. The summed E-state index contributed by atoms with van der Waals surface area (Å²) in [5.41, 5.74) is 29.6. The molecule has 0 spiro atoms. The molecule has 23 rings (SSSR count). The summed E-state index contributed by atoms with van der Waals surface area (Å²) in [5, 5.41) is 14.9. The van der Waals surface area contributed by atoms with Crippen molar-refractivity contribution in [1.29, 1.82) is 0 Å². The van der Waals surface area contributed by atoms with Gasteiger partial charge in [-0.15, -0.1) is 0 Å². The van der Waals surface area contributed by atoms with Crippen LogP contribution in [0.1, 0.15) is 0 Å². The van der Waals surface area contributed by atoms with Crippen molar-refractivity contribution in [2.24, 2.45) is 0 Å². The molecule has 0 N–H and O–H groups in total. The molecule has 0 saturated heterocycles. The van der Waals surface area contributed by atoms with Gasteiger partial charge in [-0.2, -0.15) is 0 Å². The Morgan fingerprint density at radius 3 is 0.896 bits per heavy atom. The Morgan fingerprint density at radius 2 is 0.481 bits per heavy atom. The average Bonchev–Trinajstić information content (AvgIpc) is 1.70. The fraction of sp³-hybridized carbons (Fsp3) is 0. The minimum atomic E-state index is 0.889. The zero-order valence-electron chi connectivity index (χ0n) is 57.0. The lowest BCUT2D eigenvalue weighted by atomic mass is 9.91. The summed E-state index contributed by atoms with van der Waals surface area (Å²) >= 11 is 0. The zero-order chi connectivity index (χ0) is 69.2. The van der Waals surface area contributed by atoms with Crippen LogP contribution >= 0.6 is 0 Å². The number of para-hydroxylation sites is 6. The van der Waals surface area contributed by atoms with Gasteiger partial charge in [0.1, 0.15) is 33.5 Å². The van der Waals surface area contributed by atoms with E-state index in [9.17, 15) is 0 Å². The van der Waals surface area contributed by atoms with Gasteiger partial charge in [-0.05, 0) is 225 Å². The van der Waals surface area contributed by atoms with Crippen LogP contribution < -0.4 is 0 Å². The summed E-state index contributed by atoms with van der Waals surface area (Å²) in [6.45, 7) is 0. The van der Waals surface area contributed by atoms with Gasteiger partial charge < -0.3 is 27.0 Å². The van der Waals surface area contributed by atoms with Crippen molar-refractivity contribution in [3.8, 4) is 83.8 Å². The Labute approximate surface area is 606 Å². The number of fused-ring (bicyclic) bond motifs is 19. The average molecular weight is 1350 g/mol. The number of aromatic nitrogens is 4. The normalized spacial score (nSPS) is 12.2. The fourth-order valence-electron chi connectivity index (χ4n) is 17.4. The number of pyridine rings is 1. The Hall–Kier alpha value is -14.3. The topological polar surface area (TPSA) is 67.1 Å². The predicted molar refractivity (Wildman–Crippen MR) is 439 cm³/mol. The van der Waals surface area contributed by atoms with Crippen molar-refractivity contribution >= 4 is 142 Å². The van der Waals surface area contributed by atoms with Crippen molar-refractivity contribution in [3.05, 3.63) is 352 Å².